The molecule has 1 atom stereocenters. The molecule has 2 N–H and O–H groups in total. The first kappa shape index (κ1) is 9.53. The van der Waals surface area contributed by atoms with E-state index in [9.17, 15) is 0 Å². The minimum atomic E-state index is 0.308. The van der Waals surface area contributed by atoms with Gasteiger partial charge in [-0.25, -0.2) is 0 Å². The van der Waals surface area contributed by atoms with Crippen molar-refractivity contribution in [3.05, 3.63) is 29.8 Å². The smallest absolute Gasteiger partial charge is 0.0399 e. The summed E-state index contributed by atoms with van der Waals surface area (Å²) >= 11 is 0. The molecule has 0 spiro atoms. The van der Waals surface area contributed by atoms with Gasteiger partial charge in [0.05, 0.1) is 0 Å². The predicted octanol–water partition coefficient (Wildman–Crippen LogP) is 1.79. The molecule has 0 bridgehead atoms. The molecule has 2 nitrogen and oxygen atoms in total. The Morgan fingerprint density at radius 1 is 1.43 bits per heavy atom. The van der Waals surface area contributed by atoms with Gasteiger partial charge in [-0.3, -0.25) is 0 Å². The standard InChI is InChI=1S/C12H18N2/c1-10(13)6-8-14-9-7-11-4-2-3-5-12(11)14/h2-5,10H,6-9,13H2,1H3. The van der Waals surface area contributed by atoms with E-state index in [2.05, 4.69) is 36.1 Å². The number of hydrogen-bond acceptors (Lipinski definition) is 2. The van der Waals surface area contributed by atoms with Gasteiger partial charge in [0.15, 0.2) is 0 Å². The summed E-state index contributed by atoms with van der Waals surface area (Å²) in [5.74, 6) is 0. The van der Waals surface area contributed by atoms with Gasteiger partial charge >= 0.3 is 0 Å². The van der Waals surface area contributed by atoms with Gasteiger partial charge < -0.3 is 10.6 Å². The van der Waals surface area contributed by atoms with Crippen LogP contribution in [0.4, 0.5) is 5.69 Å². The maximum absolute atomic E-state index is 5.76. The number of hydrogen-bond donors (Lipinski definition) is 1. The number of fused-ring (bicyclic) bond motifs is 1. The lowest BCUT2D eigenvalue weighted by Crippen LogP contribution is -2.27. The number of rotatable bonds is 3. The second kappa shape index (κ2) is 4.01. The number of nitrogens with two attached hydrogens (primary N) is 1. The highest BCUT2D eigenvalue weighted by Crippen LogP contribution is 2.27. The van der Waals surface area contributed by atoms with Crippen molar-refractivity contribution < 1.29 is 0 Å². The topological polar surface area (TPSA) is 29.3 Å². The minimum absolute atomic E-state index is 0.308. The Kier molecular flexibility index (Phi) is 2.73. The van der Waals surface area contributed by atoms with Crippen LogP contribution < -0.4 is 10.6 Å². The molecule has 0 aromatic heterocycles. The normalized spacial score (nSPS) is 16.9. The summed E-state index contributed by atoms with van der Waals surface area (Å²) in [6.07, 6.45) is 2.27. The zero-order chi connectivity index (χ0) is 9.97. The molecule has 0 radical (unpaired) electrons. The van der Waals surface area contributed by atoms with Gasteiger partial charge in [0.1, 0.15) is 0 Å². The summed E-state index contributed by atoms with van der Waals surface area (Å²) in [7, 11) is 0. The molecule has 1 aromatic rings. The van der Waals surface area contributed by atoms with Crippen LogP contribution in [0.3, 0.4) is 0 Å². The highest BCUT2D eigenvalue weighted by atomic mass is 15.1. The van der Waals surface area contributed by atoms with E-state index < -0.39 is 0 Å². The average molecular weight is 190 g/mol. The fraction of sp³-hybridized carbons (Fsp3) is 0.500. The van der Waals surface area contributed by atoms with Crippen LogP contribution in [0.5, 0.6) is 0 Å². The summed E-state index contributed by atoms with van der Waals surface area (Å²) in [4.78, 5) is 2.44. The monoisotopic (exact) mass is 190 g/mol. The van der Waals surface area contributed by atoms with Crippen molar-refractivity contribution in [1.82, 2.24) is 0 Å². The summed E-state index contributed by atoms with van der Waals surface area (Å²) in [6.45, 7) is 4.32. The van der Waals surface area contributed by atoms with E-state index in [1.165, 1.54) is 17.7 Å². The Morgan fingerprint density at radius 3 is 3.00 bits per heavy atom. The largest absolute Gasteiger partial charge is 0.371 e. The Balaban J connectivity index is 2.03. The third-order valence-corrected chi connectivity index (χ3v) is 2.84. The highest BCUT2D eigenvalue weighted by Gasteiger charge is 2.17. The van der Waals surface area contributed by atoms with Crippen molar-refractivity contribution in [3.63, 3.8) is 0 Å². The molecular weight excluding hydrogens is 172 g/mol. The second-order valence-corrected chi connectivity index (χ2v) is 4.13. The molecule has 76 valence electrons. The van der Waals surface area contributed by atoms with Gasteiger partial charge in [-0.05, 0) is 31.4 Å². The number of benzene rings is 1. The van der Waals surface area contributed by atoms with Crippen LogP contribution in [-0.4, -0.2) is 19.1 Å². The first-order chi connectivity index (χ1) is 6.77. The average Bonchev–Trinajstić information content (AvgIpc) is 2.58. The van der Waals surface area contributed by atoms with Crippen LogP contribution in [0.1, 0.15) is 18.9 Å². The van der Waals surface area contributed by atoms with Gasteiger partial charge in [-0.2, -0.15) is 0 Å². The van der Waals surface area contributed by atoms with Crippen LogP contribution in [0.2, 0.25) is 0 Å². The van der Waals surface area contributed by atoms with Gasteiger partial charge in [-0.1, -0.05) is 18.2 Å². The molecule has 2 heteroatoms. The van der Waals surface area contributed by atoms with E-state index in [-0.39, 0.29) is 0 Å². The van der Waals surface area contributed by atoms with Crippen molar-refractivity contribution >= 4 is 5.69 Å². The Morgan fingerprint density at radius 2 is 2.21 bits per heavy atom. The van der Waals surface area contributed by atoms with E-state index >= 15 is 0 Å². The first-order valence-electron chi connectivity index (χ1n) is 5.36. The quantitative estimate of drug-likeness (QED) is 0.787. The van der Waals surface area contributed by atoms with Crippen LogP contribution >= 0.6 is 0 Å². The van der Waals surface area contributed by atoms with Crippen molar-refractivity contribution in [2.75, 3.05) is 18.0 Å². The highest BCUT2D eigenvalue weighted by molar-refractivity contribution is 5.57. The number of nitrogens with zero attached hydrogens (tertiary/aromatic N) is 1. The van der Waals surface area contributed by atoms with Crippen molar-refractivity contribution in [3.8, 4) is 0 Å². The molecule has 1 aliphatic rings. The Labute approximate surface area is 85.7 Å². The fourth-order valence-corrected chi connectivity index (χ4v) is 2.00. The zero-order valence-electron chi connectivity index (χ0n) is 8.74. The van der Waals surface area contributed by atoms with Gasteiger partial charge in [-0.15, -0.1) is 0 Å². The predicted molar refractivity (Wildman–Crippen MR) is 60.6 cm³/mol. The van der Waals surface area contributed by atoms with Gasteiger partial charge in [0, 0.05) is 24.8 Å². The summed E-state index contributed by atoms with van der Waals surface area (Å²) in [6, 6.07) is 8.98. The molecule has 0 amide bonds. The molecule has 14 heavy (non-hydrogen) atoms. The van der Waals surface area contributed by atoms with E-state index in [0.717, 1.165) is 19.5 Å². The van der Waals surface area contributed by atoms with Gasteiger partial charge in [0.25, 0.3) is 0 Å². The molecule has 1 aliphatic heterocycles. The van der Waals surface area contributed by atoms with Crippen LogP contribution in [0.15, 0.2) is 24.3 Å². The molecule has 1 unspecified atom stereocenters. The molecule has 0 fully saturated rings. The molecule has 0 saturated carbocycles. The van der Waals surface area contributed by atoms with Crippen molar-refractivity contribution in [2.45, 2.75) is 25.8 Å². The summed E-state index contributed by atoms with van der Waals surface area (Å²) < 4.78 is 0. The number of para-hydroxylation sites is 1. The Bertz CT molecular complexity index is 307. The molecule has 0 aliphatic carbocycles. The first-order valence-corrected chi connectivity index (χ1v) is 5.36. The fourth-order valence-electron chi connectivity index (χ4n) is 2.00. The van der Waals surface area contributed by atoms with E-state index in [1.54, 1.807) is 0 Å². The van der Waals surface area contributed by atoms with Gasteiger partial charge in [0.2, 0.25) is 0 Å². The molecular formula is C12H18N2. The second-order valence-electron chi connectivity index (χ2n) is 4.13. The molecule has 0 saturated heterocycles. The van der Waals surface area contributed by atoms with Crippen LogP contribution in [0, 0.1) is 0 Å². The minimum Gasteiger partial charge on any atom is -0.371 e. The van der Waals surface area contributed by atoms with Crippen molar-refractivity contribution in [2.24, 2.45) is 5.73 Å². The van der Waals surface area contributed by atoms with E-state index in [0.29, 0.717) is 6.04 Å². The lowest BCUT2D eigenvalue weighted by molar-refractivity contribution is 0.647. The van der Waals surface area contributed by atoms with E-state index in [4.69, 9.17) is 5.73 Å². The molecule has 1 aromatic carbocycles. The lowest BCUT2D eigenvalue weighted by Gasteiger charge is -2.20. The molecule has 2 rings (SSSR count). The number of anilines is 1. The molecule has 1 heterocycles. The summed E-state index contributed by atoms with van der Waals surface area (Å²) in [5.41, 5.74) is 8.66. The maximum Gasteiger partial charge on any atom is 0.0399 e. The summed E-state index contributed by atoms with van der Waals surface area (Å²) in [5, 5.41) is 0. The lowest BCUT2D eigenvalue weighted by atomic mass is 10.2. The SMILES string of the molecule is CC(N)CCN1CCc2ccccc21. The third-order valence-electron chi connectivity index (χ3n) is 2.84. The maximum atomic E-state index is 5.76. The van der Waals surface area contributed by atoms with Crippen LogP contribution in [-0.2, 0) is 6.42 Å². The van der Waals surface area contributed by atoms with Crippen LogP contribution in [0.25, 0.3) is 0 Å². The third kappa shape index (κ3) is 1.90. The zero-order valence-corrected chi connectivity index (χ0v) is 8.74. The van der Waals surface area contributed by atoms with Crippen molar-refractivity contribution in [1.29, 1.82) is 0 Å². The van der Waals surface area contributed by atoms with E-state index in [1.807, 2.05) is 0 Å². The Hall–Kier alpha value is -1.02.